The average molecular weight is 584 g/mol. The van der Waals surface area contributed by atoms with Gasteiger partial charge in [0.15, 0.2) is 4.96 Å². The maximum atomic E-state index is 14.8. The number of alkyl carbamates (subject to hydrolysis) is 1. The van der Waals surface area contributed by atoms with Crippen LogP contribution in [0.1, 0.15) is 62.4 Å². The van der Waals surface area contributed by atoms with Gasteiger partial charge in [0, 0.05) is 29.4 Å². The number of ether oxygens (including phenoxy) is 1. The fourth-order valence-electron chi connectivity index (χ4n) is 4.97. The van der Waals surface area contributed by atoms with Crippen molar-refractivity contribution in [1.82, 2.24) is 24.9 Å². The predicted molar refractivity (Wildman–Crippen MR) is 156 cm³/mol. The molecular formula is C30H35F2N5O3S. The first kappa shape index (κ1) is 28.9. The third-order valence-electron chi connectivity index (χ3n) is 6.99. The molecule has 0 unspecified atom stereocenters. The molecule has 218 valence electrons. The van der Waals surface area contributed by atoms with Crippen molar-refractivity contribution >= 4 is 38.5 Å². The van der Waals surface area contributed by atoms with Crippen molar-refractivity contribution in [2.45, 2.75) is 58.6 Å². The number of rotatable bonds is 8. The van der Waals surface area contributed by atoms with Crippen LogP contribution in [0.4, 0.5) is 13.6 Å². The lowest BCUT2D eigenvalue weighted by atomic mass is 10.1. The van der Waals surface area contributed by atoms with Gasteiger partial charge < -0.3 is 20.3 Å². The molecule has 11 heteroatoms. The number of carbonyl (C=O) groups excluding carboxylic acids is 2. The fourth-order valence-corrected chi connectivity index (χ4v) is 6.01. The van der Waals surface area contributed by atoms with Crippen LogP contribution in [0.3, 0.4) is 0 Å². The number of amides is 2. The highest BCUT2D eigenvalue weighted by Gasteiger charge is 2.20. The first-order valence-corrected chi connectivity index (χ1v) is 14.8. The summed E-state index contributed by atoms with van der Waals surface area (Å²) in [5.74, 6) is -1.68. The van der Waals surface area contributed by atoms with Crippen LogP contribution in [0.2, 0.25) is 0 Å². The Morgan fingerprint density at radius 3 is 2.49 bits per heavy atom. The van der Waals surface area contributed by atoms with Crippen LogP contribution in [0, 0.1) is 11.6 Å². The Morgan fingerprint density at radius 2 is 1.78 bits per heavy atom. The number of nitrogens with zero attached hydrogens (tertiary/aromatic N) is 3. The molecule has 2 N–H and O–H groups in total. The Bertz CT molecular complexity index is 1550. The van der Waals surface area contributed by atoms with Crippen LogP contribution in [0.15, 0.2) is 36.5 Å². The molecule has 1 fully saturated rings. The Labute approximate surface area is 241 Å². The molecule has 0 bridgehead atoms. The van der Waals surface area contributed by atoms with Gasteiger partial charge in [0.2, 0.25) is 0 Å². The molecule has 0 saturated carbocycles. The number of hydrogen-bond donors (Lipinski definition) is 2. The maximum Gasteiger partial charge on any atom is 0.407 e. The maximum absolute atomic E-state index is 14.8. The topological polar surface area (TPSA) is 88.0 Å². The minimum Gasteiger partial charge on any atom is -0.444 e. The van der Waals surface area contributed by atoms with E-state index in [1.165, 1.54) is 42.7 Å². The standard InChI is InChI=1S/C30H35F2N5O3S/c1-30(2,3)40-29(39)34-17-21-22(31)14-20(15-23(21)32)24-18-37-25-9-8-19(16-26(25)41-28(37)35-24)27(38)33-10-7-13-36-11-5-4-6-12-36/h8-9,14-16,18H,4-7,10-13,17H2,1-3H3,(H,33,38)(H,34,39). The largest absolute Gasteiger partial charge is 0.444 e. The van der Waals surface area contributed by atoms with Crippen LogP contribution in [0.5, 0.6) is 0 Å². The predicted octanol–water partition coefficient (Wildman–Crippen LogP) is 6.12. The highest BCUT2D eigenvalue weighted by Crippen LogP contribution is 2.31. The second-order valence-electron chi connectivity index (χ2n) is 11.3. The normalized spacial score (nSPS) is 14.5. The number of benzene rings is 2. The Kier molecular flexibility index (Phi) is 8.55. The SMILES string of the molecule is CC(C)(C)OC(=O)NCc1c(F)cc(-c2cn3c(n2)sc2cc(C(=O)NCCCN4CCCCC4)ccc23)cc1F. The molecule has 4 aromatic rings. The summed E-state index contributed by atoms with van der Waals surface area (Å²) >= 11 is 1.40. The number of thiazole rings is 1. The Hall–Kier alpha value is -3.57. The molecule has 2 aromatic heterocycles. The highest BCUT2D eigenvalue weighted by atomic mass is 32.1. The third kappa shape index (κ3) is 7.02. The number of halogens is 2. The van der Waals surface area contributed by atoms with Crippen molar-refractivity contribution in [3.05, 3.63) is 59.3 Å². The summed E-state index contributed by atoms with van der Waals surface area (Å²) in [6.45, 7) is 8.70. The van der Waals surface area contributed by atoms with Crippen molar-refractivity contribution in [1.29, 1.82) is 0 Å². The highest BCUT2D eigenvalue weighted by molar-refractivity contribution is 7.23. The third-order valence-corrected chi connectivity index (χ3v) is 8.00. The van der Waals surface area contributed by atoms with Gasteiger partial charge in [-0.25, -0.2) is 18.6 Å². The van der Waals surface area contributed by atoms with Crippen LogP contribution in [0.25, 0.3) is 26.4 Å². The molecule has 1 aliphatic heterocycles. The second kappa shape index (κ2) is 12.1. The molecular weight excluding hydrogens is 548 g/mol. The number of nitrogens with one attached hydrogen (secondary N) is 2. The number of aromatic nitrogens is 2. The quantitative estimate of drug-likeness (QED) is 0.244. The van der Waals surface area contributed by atoms with Crippen LogP contribution in [-0.4, -0.2) is 58.1 Å². The summed E-state index contributed by atoms with van der Waals surface area (Å²) in [6, 6.07) is 7.90. The van der Waals surface area contributed by atoms with Crippen LogP contribution in [-0.2, 0) is 11.3 Å². The summed E-state index contributed by atoms with van der Waals surface area (Å²) < 4.78 is 37.5. The lowest BCUT2D eigenvalue weighted by molar-refractivity contribution is 0.0522. The zero-order valence-electron chi connectivity index (χ0n) is 23.6. The van der Waals surface area contributed by atoms with Crippen LogP contribution >= 0.6 is 11.3 Å². The fraction of sp³-hybridized carbons (Fsp3) is 0.433. The molecule has 0 radical (unpaired) electrons. The minimum absolute atomic E-state index is 0.107. The average Bonchev–Trinajstić information content (AvgIpc) is 3.48. The molecule has 2 aromatic carbocycles. The van der Waals surface area contributed by atoms with Gasteiger partial charge in [0.1, 0.15) is 17.2 Å². The smallest absolute Gasteiger partial charge is 0.407 e. The van der Waals surface area contributed by atoms with Gasteiger partial charge >= 0.3 is 6.09 Å². The van der Waals surface area contributed by atoms with Gasteiger partial charge in [0.05, 0.1) is 22.5 Å². The van der Waals surface area contributed by atoms with Crippen LogP contribution < -0.4 is 10.6 Å². The van der Waals surface area contributed by atoms with Gasteiger partial charge in [0.25, 0.3) is 5.91 Å². The number of piperidine rings is 1. The number of carbonyl (C=O) groups is 2. The van der Waals surface area contributed by atoms with Gasteiger partial charge in [-0.2, -0.15) is 0 Å². The number of likely N-dealkylation sites (tertiary alicyclic amines) is 1. The lowest BCUT2D eigenvalue weighted by Crippen LogP contribution is -2.33. The van der Waals surface area contributed by atoms with E-state index in [0.717, 1.165) is 36.3 Å². The summed E-state index contributed by atoms with van der Waals surface area (Å²) in [5.41, 5.74) is 1.15. The summed E-state index contributed by atoms with van der Waals surface area (Å²) in [7, 11) is 0. The van der Waals surface area contributed by atoms with E-state index in [9.17, 15) is 18.4 Å². The van der Waals surface area contributed by atoms with Gasteiger partial charge in [-0.3, -0.25) is 9.20 Å². The van der Waals surface area contributed by atoms with E-state index in [-0.39, 0.29) is 23.6 Å². The number of fused-ring (bicyclic) bond motifs is 3. The molecule has 8 nitrogen and oxygen atoms in total. The minimum atomic E-state index is -0.788. The van der Waals surface area contributed by atoms with Crippen molar-refractivity contribution in [2.75, 3.05) is 26.2 Å². The molecule has 0 aliphatic carbocycles. The first-order valence-electron chi connectivity index (χ1n) is 13.9. The van der Waals surface area contributed by atoms with E-state index in [1.54, 1.807) is 33.0 Å². The zero-order chi connectivity index (χ0) is 29.1. The Balaban J connectivity index is 1.24. The lowest BCUT2D eigenvalue weighted by Gasteiger charge is -2.26. The van der Waals surface area contributed by atoms with Gasteiger partial charge in [-0.1, -0.05) is 17.8 Å². The molecule has 0 atom stereocenters. The molecule has 1 saturated heterocycles. The van der Waals surface area contributed by atoms with E-state index in [4.69, 9.17) is 4.74 Å². The summed E-state index contributed by atoms with van der Waals surface area (Å²) in [5, 5.41) is 5.40. The summed E-state index contributed by atoms with van der Waals surface area (Å²) in [6.07, 6.45) is 5.72. The van der Waals surface area contributed by atoms with E-state index >= 15 is 0 Å². The molecule has 41 heavy (non-hydrogen) atoms. The van der Waals surface area contributed by atoms with Crippen molar-refractivity contribution in [3.63, 3.8) is 0 Å². The van der Waals surface area contributed by atoms with Crippen molar-refractivity contribution < 1.29 is 23.1 Å². The van der Waals surface area contributed by atoms with E-state index in [1.807, 2.05) is 16.5 Å². The number of imidazole rings is 1. The van der Waals surface area contributed by atoms with E-state index < -0.39 is 23.3 Å². The van der Waals surface area contributed by atoms with E-state index in [0.29, 0.717) is 22.8 Å². The van der Waals surface area contributed by atoms with Crippen molar-refractivity contribution in [2.24, 2.45) is 0 Å². The van der Waals surface area contributed by atoms with Gasteiger partial charge in [-0.05, 0) is 90.0 Å². The number of hydrogen-bond acceptors (Lipinski definition) is 6. The molecule has 5 rings (SSSR count). The molecule has 2 amide bonds. The van der Waals surface area contributed by atoms with Gasteiger partial charge in [-0.15, -0.1) is 0 Å². The summed E-state index contributed by atoms with van der Waals surface area (Å²) in [4.78, 5) is 32.3. The molecule has 1 aliphatic rings. The molecule has 0 spiro atoms. The monoisotopic (exact) mass is 583 g/mol. The molecule has 3 heterocycles. The van der Waals surface area contributed by atoms with E-state index in [2.05, 4.69) is 20.5 Å². The Morgan fingerprint density at radius 1 is 1.05 bits per heavy atom. The first-order chi connectivity index (χ1) is 19.6. The second-order valence-corrected chi connectivity index (χ2v) is 12.4. The zero-order valence-corrected chi connectivity index (χ0v) is 24.4. The van der Waals surface area contributed by atoms with Crippen molar-refractivity contribution in [3.8, 4) is 11.3 Å².